The molecule has 2 atom stereocenters. The van der Waals surface area contributed by atoms with Crippen molar-refractivity contribution in [2.45, 2.75) is 25.4 Å². The van der Waals surface area contributed by atoms with Crippen molar-refractivity contribution in [3.05, 3.63) is 29.1 Å². The summed E-state index contributed by atoms with van der Waals surface area (Å²) in [7, 11) is 0. The number of benzene rings is 1. The van der Waals surface area contributed by atoms with Crippen molar-refractivity contribution in [3.8, 4) is 0 Å². The monoisotopic (exact) mass is 281 g/mol. The smallest absolute Gasteiger partial charge is 0.200 e. The minimum Gasteiger partial charge on any atom is -0.393 e. The van der Waals surface area contributed by atoms with Gasteiger partial charge < -0.3 is 10.4 Å². The summed E-state index contributed by atoms with van der Waals surface area (Å²) in [5.74, 6) is -10.2. The third kappa shape index (κ3) is 2.51. The molecule has 1 aromatic rings. The topological polar surface area (TPSA) is 32.3 Å². The first-order chi connectivity index (χ1) is 8.93. The highest BCUT2D eigenvalue weighted by Crippen LogP contribution is 2.29. The van der Waals surface area contributed by atoms with Gasteiger partial charge in [0.2, 0.25) is 5.82 Å². The second-order valence-electron chi connectivity index (χ2n) is 4.58. The predicted octanol–water partition coefficient (Wildman–Crippen LogP) is 2.96. The van der Waals surface area contributed by atoms with Crippen molar-refractivity contribution in [1.82, 2.24) is 0 Å². The lowest BCUT2D eigenvalue weighted by atomic mass is 10.1. The molecule has 1 aliphatic rings. The van der Waals surface area contributed by atoms with Crippen LogP contribution in [0.3, 0.4) is 0 Å². The molecule has 0 bridgehead atoms. The summed E-state index contributed by atoms with van der Waals surface area (Å²) in [6, 6.07) is 0. The Morgan fingerprint density at radius 3 is 1.89 bits per heavy atom. The van der Waals surface area contributed by atoms with Gasteiger partial charge in [0.25, 0.3) is 0 Å². The van der Waals surface area contributed by atoms with Crippen LogP contribution in [0.25, 0.3) is 0 Å². The lowest BCUT2D eigenvalue weighted by Crippen LogP contribution is -2.23. The molecular formula is C12H12F5NO. The van der Waals surface area contributed by atoms with E-state index in [1.807, 2.05) is 0 Å². The van der Waals surface area contributed by atoms with Gasteiger partial charge in [-0.1, -0.05) is 6.42 Å². The number of anilines is 1. The minimum absolute atomic E-state index is 0.0421. The molecular weight excluding hydrogens is 269 g/mol. The van der Waals surface area contributed by atoms with Crippen molar-refractivity contribution in [2.75, 3.05) is 11.9 Å². The van der Waals surface area contributed by atoms with Crippen LogP contribution in [0.1, 0.15) is 19.3 Å². The number of hydrogen-bond acceptors (Lipinski definition) is 2. The van der Waals surface area contributed by atoms with Crippen LogP contribution in [0.15, 0.2) is 0 Å². The van der Waals surface area contributed by atoms with Gasteiger partial charge in [0.15, 0.2) is 23.3 Å². The van der Waals surface area contributed by atoms with Gasteiger partial charge in [-0.2, -0.15) is 0 Å². The maximum atomic E-state index is 13.3. The first-order valence-corrected chi connectivity index (χ1v) is 5.86. The molecule has 0 saturated heterocycles. The van der Waals surface area contributed by atoms with Crippen LogP contribution in [0.2, 0.25) is 0 Å². The number of hydrogen-bond donors (Lipinski definition) is 2. The Morgan fingerprint density at radius 1 is 0.895 bits per heavy atom. The molecule has 0 aromatic heterocycles. The van der Waals surface area contributed by atoms with Crippen LogP contribution in [0.5, 0.6) is 0 Å². The van der Waals surface area contributed by atoms with Gasteiger partial charge in [-0.15, -0.1) is 0 Å². The predicted molar refractivity (Wildman–Crippen MR) is 58.1 cm³/mol. The molecule has 0 radical (unpaired) electrons. The zero-order valence-corrected chi connectivity index (χ0v) is 9.82. The van der Waals surface area contributed by atoms with Crippen molar-refractivity contribution < 1.29 is 27.1 Å². The molecule has 7 heteroatoms. The standard InChI is InChI=1S/C12H12F5NO/c13-7-8(14)10(16)12(11(17)9(7)15)18-4-5-2-1-3-6(5)19/h5-6,18-19H,1-4H2. The molecule has 2 nitrogen and oxygen atoms in total. The van der Waals surface area contributed by atoms with Gasteiger partial charge in [0.05, 0.1) is 6.10 Å². The molecule has 0 spiro atoms. The largest absolute Gasteiger partial charge is 0.393 e. The molecule has 1 saturated carbocycles. The van der Waals surface area contributed by atoms with Crippen LogP contribution >= 0.6 is 0 Å². The fraction of sp³-hybridized carbons (Fsp3) is 0.500. The van der Waals surface area contributed by atoms with E-state index in [4.69, 9.17) is 0 Å². The van der Waals surface area contributed by atoms with E-state index in [9.17, 15) is 27.1 Å². The van der Waals surface area contributed by atoms with Crippen molar-refractivity contribution in [3.63, 3.8) is 0 Å². The van der Waals surface area contributed by atoms with Crippen molar-refractivity contribution >= 4 is 5.69 Å². The Balaban J connectivity index is 2.20. The van der Waals surface area contributed by atoms with Gasteiger partial charge in [0.1, 0.15) is 5.69 Å². The summed E-state index contributed by atoms with van der Waals surface area (Å²) in [5.41, 5.74) is -1.05. The van der Waals surface area contributed by atoms with E-state index in [-0.39, 0.29) is 12.5 Å². The molecule has 1 aromatic carbocycles. The molecule has 2 unspecified atom stereocenters. The number of rotatable bonds is 3. The summed E-state index contributed by atoms with van der Waals surface area (Å²) >= 11 is 0. The maximum Gasteiger partial charge on any atom is 0.200 e. The first kappa shape index (κ1) is 14.0. The normalized spacial score (nSPS) is 22.8. The van der Waals surface area contributed by atoms with Crippen LogP contribution in [0.4, 0.5) is 27.6 Å². The lowest BCUT2D eigenvalue weighted by Gasteiger charge is -2.17. The quantitative estimate of drug-likeness (QED) is 0.507. The Kier molecular flexibility index (Phi) is 3.93. The Hall–Kier alpha value is -1.37. The number of nitrogens with one attached hydrogen (secondary N) is 1. The summed E-state index contributed by atoms with van der Waals surface area (Å²) < 4.78 is 65.3. The fourth-order valence-corrected chi connectivity index (χ4v) is 2.25. The summed E-state index contributed by atoms with van der Waals surface area (Å²) in [6.45, 7) is -0.0421. The summed E-state index contributed by atoms with van der Waals surface area (Å²) in [4.78, 5) is 0. The molecule has 106 valence electrons. The van der Waals surface area contributed by atoms with Gasteiger partial charge in [-0.3, -0.25) is 0 Å². The zero-order valence-electron chi connectivity index (χ0n) is 9.82. The van der Waals surface area contributed by atoms with Crippen LogP contribution in [-0.4, -0.2) is 17.8 Å². The van der Waals surface area contributed by atoms with Crippen molar-refractivity contribution in [1.29, 1.82) is 0 Å². The highest BCUT2D eigenvalue weighted by molar-refractivity contribution is 5.47. The molecule has 19 heavy (non-hydrogen) atoms. The second-order valence-corrected chi connectivity index (χ2v) is 4.58. The van der Waals surface area contributed by atoms with E-state index < -0.39 is 40.9 Å². The van der Waals surface area contributed by atoms with E-state index in [0.29, 0.717) is 12.8 Å². The van der Waals surface area contributed by atoms with Gasteiger partial charge in [0, 0.05) is 12.5 Å². The maximum absolute atomic E-state index is 13.3. The SMILES string of the molecule is OC1CCCC1CNc1c(F)c(F)c(F)c(F)c1F. The Bertz CT molecular complexity index is 464. The molecule has 2 rings (SSSR count). The van der Waals surface area contributed by atoms with Crippen LogP contribution in [0, 0.1) is 35.0 Å². The van der Waals surface area contributed by atoms with E-state index in [2.05, 4.69) is 5.32 Å². The van der Waals surface area contributed by atoms with Crippen LogP contribution < -0.4 is 5.32 Å². The molecule has 1 fully saturated rings. The van der Waals surface area contributed by atoms with E-state index >= 15 is 0 Å². The van der Waals surface area contributed by atoms with Crippen molar-refractivity contribution in [2.24, 2.45) is 5.92 Å². The van der Waals surface area contributed by atoms with E-state index in [0.717, 1.165) is 6.42 Å². The fourth-order valence-electron chi connectivity index (χ4n) is 2.25. The van der Waals surface area contributed by atoms with Gasteiger partial charge in [-0.25, -0.2) is 22.0 Å². The van der Waals surface area contributed by atoms with Gasteiger partial charge in [-0.05, 0) is 12.8 Å². The molecule has 0 aliphatic heterocycles. The first-order valence-electron chi connectivity index (χ1n) is 5.86. The number of halogens is 5. The average molecular weight is 281 g/mol. The van der Waals surface area contributed by atoms with E-state index in [1.54, 1.807) is 0 Å². The minimum atomic E-state index is -2.18. The molecule has 2 N–H and O–H groups in total. The molecule has 0 amide bonds. The summed E-state index contributed by atoms with van der Waals surface area (Å²) in [5, 5.41) is 11.7. The average Bonchev–Trinajstić information content (AvgIpc) is 2.80. The highest BCUT2D eigenvalue weighted by Gasteiger charge is 2.28. The molecule has 1 aliphatic carbocycles. The molecule has 0 heterocycles. The Morgan fingerprint density at radius 2 is 1.42 bits per heavy atom. The number of aliphatic hydroxyl groups is 1. The zero-order chi connectivity index (χ0) is 14.2. The lowest BCUT2D eigenvalue weighted by molar-refractivity contribution is 0.138. The summed E-state index contributed by atoms with van der Waals surface area (Å²) in [6.07, 6.45) is 1.37. The highest BCUT2D eigenvalue weighted by atomic mass is 19.2. The number of aliphatic hydroxyl groups excluding tert-OH is 1. The van der Waals surface area contributed by atoms with Crippen LogP contribution in [-0.2, 0) is 0 Å². The Labute approximate surface area is 106 Å². The third-order valence-corrected chi connectivity index (χ3v) is 3.37. The second kappa shape index (κ2) is 5.32. The third-order valence-electron chi connectivity index (χ3n) is 3.37. The van der Waals surface area contributed by atoms with Gasteiger partial charge >= 0.3 is 0 Å². The van der Waals surface area contributed by atoms with E-state index in [1.165, 1.54) is 0 Å².